The van der Waals surface area contributed by atoms with Crippen molar-refractivity contribution in [2.24, 2.45) is 10.7 Å². The number of hydrogen-bond donors (Lipinski definition) is 2. The summed E-state index contributed by atoms with van der Waals surface area (Å²) in [6.45, 7) is 2.20. The number of likely N-dealkylation sites (N-methyl/N-ethyl adjacent to an activating group) is 1. The summed E-state index contributed by atoms with van der Waals surface area (Å²) in [5.74, 6) is 0.396. The van der Waals surface area contributed by atoms with Crippen molar-refractivity contribution < 1.29 is 13.8 Å². The van der Waals surface area contributed by atoms with Gasteiger partial charge in [0.05, 0.1) is 25.9 Å². The van der Waals surface area contributed by atoms with Crippen LogP contribution in [0.1, 0.15) is 24.9 Å². The number of nitrogens with two attached hydrogens (primary N) is 1. The first kappa shape index (κ1) is 19.4. The molecule has 0 bridgehead atoms. The number of pyridine rings is 1. The van der Waals surface area contributed by atoms with E-state index in [-0.39, 0.29) is 18.4 Å². The standard InChI is InChI=1S/C21H24FN5O2/c1-12-16-11-27(2,28)19(10-18(16)26-21(23)24-12)14-8-7-13(22)9-15(14)17-5-4-6-20(25-17)29-3/h4-9,18-19H,10-11H2,1-3H3,(H3,23,24,26). The Labute approximate surface area is 168 Å². The number of hydroxylamine groups is 3. The van der Waals surface area contributed by atoms with E-state index in [1.807, 2.05) is 6.92 Å². The molecule has 3 atom stereocenters. The van der Waals surface area contributed by atoms with Crippen LogP contribution in [0.4, 0.5) is 4.39 Å². The van der Waals surface area contributed by atoms with E-state index < -0.39 is 10.7 Å². The van der Waals surface area contributed by atoms with Crippen molar-refractivity contribution in [3.8, 4) is 17.1 Å². The number of rotatable bonds is 3. The van der Waals surface area contributed by atoms with Gasteiger partial charge in [0.2, 0.25) is 5.88 Å². The minimum atomic E-state index is -0.511. The lowest BCUT2D eigenvalue weighted by molar-refractivity contribution is -0.892. The Balaban J connectivity index is 1.81. The van der Waals surface area contributed by atoms with Gasteiger partial charge in [-0.3, -0.25) is 0 Å². The summed E-state index contributed by atoms with van der Waals surface area (Å²) >= 11 is 0. The molecule has 8 heteroatoms. The number of likely N-dealkylation sites (tertiary alicyclic amines) is 1. The van der Waals surface area contributed by atoms with Crippen molar-refractivity contribution in [2.45, 2.75) is 25.4 Å². The third-order valence-corrected chi connectivity index (χ3v) is 5.67. The monoisotopic (exact) mass is 397 g/mol. The van der Waals surface area contributed by atoms with Gasteiger partial charge in [0.1, 0.15) is 18.4 Å². The number of piperidine rings is 1. The van der Waals surface area contributed by atoms with Crippen molar-refractivity contribution in [3.05, 3.63) is 64.3 Å². The van der Waals surface area contributed by atoms with Crippen LogP contribution in [0.25, 0.3) is 11.3 Å². The number of allylic oxidation sites excluding steroid dienone is 1. The number of nitrogens with one attached hydrogen (secondary N) is 1. The molecule has 2 aliphatic heterocycles. The quantitative estimate of drug-likeness (QED) is 0.613. The van der Waals surface area contributed by atoms with E-state index >= 15 is 0 Å². The predicted octanol–water partition coefficient (Wildman–Crippen LogP) is 2.85. The van der Waals surface area contributed by atoms with Gasteiger partial charge in [-0.15, -0.1) is 0 Å². The van der Waals surface area contributed by atoms with Crippen LogP contribution in [0.15, 0.2) is 52.7 Å². The maximum absolute atomic E-state index is 14.1. The molecule has 0 spiro atoms. The number of methoxy groups -OCH3 is 1. The highest BCUT2D eigenvalue weighted by Crippen LogP contribution is 2.43. The van der Waals surface area contributed by atoms with E-state index in [0.29, 0.717) is 29.5 Å². The number of ether oxygens (including phenoxy) is 1. The smallest absolute Gasteiger partial charge is 0.213 e. The molecular weight excluding hydrogens is 373 g/mol. The molecule has 0 radical (unpaired) electrons. The summed E-state index contributed by atoms with van der Waals surface area (Å²) < 4.78 is 18.9. The fraction of sp³-hybridized carbons (Fsp3) is 0.333. The van der Waals surface area contributed by atoms with Crippen molar-refractivity contribution in [2.75, 3.05) is 20.7 Å². The van der Waals surface area contributed by atoms with Gasteiger partial charge in [-0.1, -0.05) is 6.07 Å². The number of nitrogens with zero attached hydrogens (tertiary/aromatic N) is 3. The number of quaternary nitrogens is 1. The molecule has 0 amide bonds. The van der Waals surface area contributed by atoms with Gasteiger partial charge in [-0.25, -0.2) is 14.4 Å². The van der Waals surface area contributed by atoms with E-state index in [4.69, 9.17) is 10.5 Å². The average Bonchev–Trinajstić information content (AvgIpc) is 2.68. The molecule has 1 saturated heterocycles. The largest absolute Gasteiger partial charge is 0.632 e. The Morgan fingerprint density at radius 2 is 2.10 bits per heavy atom. The molecular formula is C21H24FN5O2. The predicted molar refractivity (Wildman–Crippen MR) is 109 cm³/mol. The van der Waals surface area contributed by atoms with Gasteiger partial charge in [0.15, 0.2) is 5.96 Å². The topological polar surface area (TPSA) is 95.6 Å². The maximum Gasteiger partial charge on any atom is 0.213 e. The molecule has 2 aliphatic rings. The Morgan fingerprint density at radius 3 is 2.86 bits per heavy atom. The van der Waals surface area contributed by atoms with Gasteiger partial charge >= 0.3 is 0 Å². The highest BCUT2D eigenvalue weighted by Gasteiger charge is 2.41. The number of hydrogen-bond acceptors (Lipinski definition) is 6. The zero-order valence-corrected chi connectivity index (χ0v) is 16.6. The Bertz CT molecular complexity index is 1020. The van der Waals surface area contributed by atoms with Crippen LogP contribution in [-0.4, -0.2) is 42.3 Å². The zero-order chi connectivity index (χ0) is 20.8. The number of benzene rings is 1. The van der Waals surface area contributed by atoms with Crippen molar-refractivity contribution in [1.82, 2.24) is 10.3 Å². The van der Waals surface area contributed by atoms with Crippen LogP contribution in [0, 0.1) is 11.0 Å². The molecule has 4 rings (SSSR count). The molecule has 3 unspecified atom stereocenters. The van der Waals surface area contributed by atoms with Crippen LogP contribution >= 0.6 is 0 Å². The number of aromatic nitrogens is 1. The number of aliphatic imine (C=N–C) groups is 1. The fourth-order valence-electron chi connectivity index (χ4n) is 4.24. The summed E-state index contributed by atoms with van der Waals surface area (Å²) in [4.78, 5) is 8.96. The second kappa shape index (κ2) is 7.13. The van der Waals surface area contributed by atoms with Gasteiger partial charge in [0, 0.05) is 34.9 Å². The van der Waals surface area contributed by atoms with Crippen LogP contribution < -0.4 is 15.8 Å². The lowest BCUT2D eigenvalue weighted by atomic mass is 9.85. The summed E-state index contributed by atoms with van der Waals surface area (Å²) in [6, 6.07) is 9.19. The Morgan fingerprint density at radius 1 is 1.31 bits per heavy atom. The SMILES string of the molecule is COc1cccc(-c2cc(F)ccc2C2CC3N=C(N)NC(C)=C3C[N+]2(C)[O-])n1. The maximum atomic E-state index is 14.1. The highest BCUT2D eigenvalue weighted by molar-refractivity contribution is 5.81. The summed E-state index contributed by atoms with van der Waals surface area (Å²) in [7, 11) is 3.18. The second-order valence-corrected chi connectivity index (χ2v) is 7.69. The molecule has 0 aliphatic carbocycles. The minimum Gasteiger partial charge on any atom is -0.632 e. The van der Waals surface area contributed by atoms with E-state index in [1.165, 1.54) is 19.2 Å². The van der Waals surface area contributed by atoms with Gasteiger partial charge in [-0.2, -0.15) is 0 Å². The van der Waals surface area contributed by atoms with Crippen LogP contribution in [0.5, 0.6) is 5.88 Å². The first-order valence-electron chi connectivity index (χ1n) is 9.45. The van der Waals surface area contributed by atoms with Crippen LogP contribution in [0.3, 0.4) is 0 Å². The van der Waals surface area contributed by atoms with Crippen LogP contribution in [-0.2, 0) is 0 Å². The van der Waals surface area contributed by atoms with E-state index in [0.717, 1.165) is 16.8 Å². The fourth-order valence-corrected chi connectivity index (χ4v) is 4.24. The van der Waals surface area contributed by atoms with Gasteiger partial charge in [-0.05, 0) is 31.2 Å². The lowest BCUT2D eigenvalue weighted by Crippen LogP contribution is -2.52. The van der Waals surface area contributed by atoms with E-state index in [2.05, 4.69) is 15.3 Å². The Hall–Kier alpha value is -2.97. The summed E-state index contributed by atoms with van der Waals surface area (Å²) in [6.07, 6.45) is 0.484. The van der Waals surface area contributed by atoms with Gasteiger partial charge in [0.25, 0.3) is 0 Å². The third-order valence-electron chi connectivity index (χ3n) is 5.67. The molecule has 2 aromatic rings. The van der Waals surface area contributed by atoms with Crippen LogP contribution in [0.2, 0.25) is 0 Å². The Kier molecular flexibility index (Phi) is 4.76. The molecule has 1 aromatic carbocycles. The highest BCUT2D eigenvalue weighted by atomic mass is 19.1. The molecule has 0 saturated carbocycles. The van der Waals surface area contributed by atoms with Crippen molar-refractivity contribution >= 4 is 5.96 Å². The number of guanidine groups is 1. The first-order chi connectivity index (χ1) is 13.8. The minimum absolute atomic E-state index is 0.169. The molecule has 7 nitrogen and oxygen atoms in total. The average molecular weight is 397 g/mol. The second-order valence-electron chi connectivity index (χ2n) is 7.69. The van der Waals surface area contributed by atoms with Crippen molar-refractivity contribution in [3.63, 3.8) is 0 Å². The summed E-state index contributed by atoms with van der Waals surface area (Å²) in [5, 5.41) is 16.6. The third kappa shape index (κ3) is 3.56. The lowest BCUT2D eigenvalue weighted by Gasteiger charge is -2.52. The number of fused-ring (bicyclic) bond motifs is 1. The molecule has 29 heavy (non-hydrogen) atoms. The first-order valence-corrected chi connectivity index (χ1v) is 9.45. The molecule has 1 fully saturated rings. The molecule has 1 aromatic heterocycles. The number of halogens is 1. The molecule has 3 N–H and O–H groups in total. The molecule has 3 heterocycles. The van der Waals surface area contributed by atoms with E-state index in [9.17, 15) is 9.60 Å². The normalized spacial score (nSPS) is 26.4. The van der Waals surface area contributed by atoms with E-state index in [1.54, 1.807) is 31.3 Å². The summed E-state index contributed by atoms with van der Waals surface area (Å²) in [5.41, 5.74) is 9.65. The zero-order valence-electron chi connectivity index (χ0n) is 16.6. The van der Waals surface area contributed by atoms with Crippen molar-refractivity contribution in [1.29, 1.82) is 0 Å². The van der Waals surface area contributed by atoms with Gasteiger partial charge < -0.3 is 25.6 Å². The molecule has 152 valence electrons.